The van der Waals surface area contributed by atoms with Gasteiger partial charge < -0.3 is 10.5 Å². The smallest absolute Gasteiger partial charge is 0.123 e. The first-order valence-corrected chi connectivity index (χ1v) is 4.99. The highest BCUT2D eigenvalue weighted by atomic mass is 35.5. The third-order valence-corrected chi connectivity index (χ3v) is 2.41. The number of hydrogen-bond donors (Lipinski definition) is 1. The minimum atomic E-state index is 0. The van der Waals surface area contributed by atoms with Crippen molar-refractivity contribution in [3.63, 3.8) is 0 Å². The summed E-state index contributed by atoms with van der Waals surface area (Å²) < 4.78 is 5.26. The molecule has 1 aromatic carbocycles. The molecule has 1 atom stereocenters. The number of halogens is 1. The highest BCUT2D eigenvalue weighted by Crippen LogP contribution is 2.27. The van der Waals surface area contributed by atoms with Crippen molar-refractivity contribution in [1.29, 1.82) is 0 Å². The van der Waals surface area contributed by atoms with Crippen LogP contribution in [-0.2, 0) is 0 Å². The van der Waals surface area contributed by atoms with Crippen molar-refractivity contribution in [2.75, 3.05) is 7.11 Å². The molecule has 1 aromatic rings. The zero-order valence-corrected chi connectivity index (χ0v) is 10.6. The molecule has 0 aliphatic carbocycles. The molecular formula is C12H20ClNO. The third kappa shape index (κ3) is 3.40. The van der Waals surface area contributed by atoms with E-state index in [2.05, 4.69) is 26.0 Å². The summed E-state index contributed by atoms with van der Waals surface area (Å²) in [7, 11) is 1.68. The molecule has 3 heteroatoms. The number of ether oxygens (including phenoxy) is 1. The number of benzene rings is 1. The second-order valence-electron chi connectivity index (χ2n) is 3.94. The van der Waals surface area contributed by atoms with E-state index in [1.807, 2.05) is 13.0 Å². The van der Waals surface area contributed by atoms with E-state index in [0.717, 1.165) is 11.3 Å². The molecule has 0 saturated heterocycles. The molecule has 0 heterocycles. The quantitative estimate of drug-likeness (QED) is 0.864. The van der Waals surface area contributed by atoms with Gasteiger partial charge in [-0.05, 0) is 24.5 Å². The van der Waals surface area contributed by atoms with Gasteiger partial charge in [-0.2, -0.15) is 0 Å². The first-order chi connectivity index (χ1) is 6.56. The standard InChI is InChI=1S/C12H19NO.ClH/c1-8(2)10-5-6-12(14-4)11(7-10)9(3)13;/h5-9H,13H2,1-4H3;1H/t9-;/m1./s1. The van der Waals surface area contributed by atoms with E-state index in [1.165, 1.54) is 5.56 Å². The summed E-state index contributed by atoms with van der Waals surface area (Å²) in [4.78, 5) is 0. The van der Waals surface area contributed by atoms with Crippen LogP contribution in [0.1, 0.15) is 43.9 Å². The predicted molar refractivity (Wildman–Crippen MR) is 66.9 cm³/mol. The molecule has 0 bridgehead atoms. The van der Waals surface area contributed by atoms with Crippen molar-refractivity contribution < 1.29 is 4.74 Å². The molecule has 0 aliphatic heterocycles. The number of rotatable bonds is 3. The lowest BCUT2D eigenvalue weighted by molar-refractivity contribution is 0.406. The Morgan fingerprint density at radius 2 is 1.80 bits per heavy atom. The van der Waals surface area contributed by atoms with Crippen molar-refractivity contribution in [2.45, 2.75) is 32.7 Å². The minimum Gasteiger partial charge on any atom is -0.496 e. The fraction of sp³-hybridized carbons (Fsp3) is 0.500. The molecule has 2 N–H and O–H groups in total. The van der Waals surface area contributed by atoms with Crippen molar-refractivity contribution >= 4 is 12.4 Å². The zero-order valence-electron chi connectivity index (χ0n) is 9.78. The Bertz CT molecular complexity index is 310. The summed E-state index contributed by atoms with van der Waals surface area (Å²) in [6.07, 6.45) is 0. The number of hydrogen-bond acceptors (Lipinski definition) is 2. The molecule has 15 heavy (non-hydrogen) atoms. The van der Waals surface area contributed by atoms with Crippen molar-refractivity contribution in [3.05, 3.63) is 29.3 Å². The Kier molecular flexibility index (Phi) is 5.69. The molecule has 1 rings (SSSR count). The van der Waals surface area contributed by atoms with Crippen LogP contribution in [0.4, 0.5) is 0 Å². The second-order valence-corrected chi connectivity index (χ2v) is 3.94. The van der Waals surface area contributed by atoms with Gasteiger partial charge >= 0.3 is 0 Å². The first kappa shape index (κ1) is 14.3. The van der Waals surface area contributed by atoms with Gasteiger partial charge in [0.25, 0.3) is 0 Å². The van der Waals surface area contributed by atoms with E-state index in [9.17, 15) is 0 Å². The zero-order chi connectivity index (χ0) is 10.7. The Balaban J connectivity index is 0.00000196. The highest BCUT2D eigenvalue weighted by molar-refractivity contribution is 5.85. The normalized spacial score (nSPS) is 12.1. The average molecular weight is 230 g/mol. The molecule has 2 nitrogen and oxygen atoms in total. The topological polar surface area (TPSA) is 35.2 Å². The molecular weight excluding hydrogens is 210 g/mol. The van der Waals surface area contributed by atoms with Crippen LogP contribution in [-0.4, -0.2) is 7.11 Å². The maximum atomic E-state index is 5.88. The summed E-state index contributed by atoms with van der Waals surface area (Å²) in [5, 5.41) is 0. The summed E-state index contributed by atoms with van der Waals surface area (Å²) in [6, 6.07) is 6.24. The van der Waals surface area contributed by atoms with E-state index < -0.39 is 0 Å². The number of methoxy groups -OCH3 is 1. The van der Waals surface area contributed by atoms with Crippen LogP contribution in [0.25, 0.3) is 0 Å². The Morgan fingerprint density at radius 1 is 1.20 bits per heavy atom. The van der Waals surface area contributed by atoms with Crippen LogP contribution in [0, 0.1) is 0 Å². The maximum Gasteiger partial charge on any atom is 0.123 e. The summed E-state index contributed by atoms with van der Waals surface area (Å²) in [5.74, 6) is 1.41. The summed E-state index contributed by atoms with van der Waals surface area (Å²) in [5.41, 5.74) is 8.27. The molecule has 86 valence electrons. The molecule has 0 radical (unpaired) electrons. The minimum absolute atomic E-state index is 0. The molecule has 0 spiro atoms. The van der Waals surface area contributed by atoms with E-state index in [0.29, 0.717) is 5.92 Å². The fourth-order valence-electron chi connectivity index (χ4n) is 1.47. The van der Waals surface area contributed by atoms with Gasteiger partial charge in [0.1, 0.15) is 5.75 Å². The van der Waals surface area contributed by atoms with E-state index in [1.54, 1.807) is 7.11 Å². The van der Waals surface area contributed by atoms with Crippen LogP contribution in [0.15, 0.2) is 18.2 Å². The lowest BCUT2D eigenvalue weighted by Crippen LogP contribution is -2.07. The van der Waals surface area contributed by atoms with E-state index >= 15 is 0 Å². The van der Waals surface area contributed by atoms with E-state index in [4.69, 9.17) is 10.5 Å². The van der Waals surface area contributed by atoms with E-state index in [-0.39, 0.29) is 18.4 Å². The van der Waals surface area contributed by atoms with Crippen molar-refractivity contribution in [3.8, 4) is 5.75 Å². The molecule has 0 unspecified atom stereocenters. The maximum absolute atomic E-state index is 5.88. The predicted octanol–water partition coefficient (Wildman–Crippen LogP) is 3.26. The Labute approximate surface area is 98.2 Å². The Morgan fingerprint density at radius 3 is 2.20 bits per heavy atom. The third-order valence-electron chi connectivity index (χ3n) is 2.41. The van der Waals surface area contributed by atoms with Gasteiger partial charge in [0.2, 0.25) is 0 Å². The van der Waals surface area contributed by atoms with Gasteiger partial charge in [-0.3, -0.25) is 0 Å². The highest BCUT2D eigenvalue weighted by Gasteiger charge is 2.09. The lowest BCUT2D eigenvalue weighted by Gasteiger charge is -2.14. The van der Waals surface area contributed by atoms with Crippen molar-refractivity contribution in [1.82, 2.24) is 0 Å². The monoisotopic (exact) mass is 229 g/mol. The molecule has 0 fully saturated rings. The van der Waals surface area contributed by atoms with Gasteiger partial charge in [0, 0.05) is 11.6 Å². The average Bonchev–Trinajstić information content (AvgIpc) is 2.16. The summed E-state index contributed by atoms with van der Waals surface area (Å²) >= 11 is 0. The van der Waals surface area contributed by atoms with Crippen LogP contribution in [0.2, 0.25) is 0 Å². The molecule has 0 aromatic heterocycles. The summed E-state index contributed by atoms with van der Waals surface area (Å²) in [6.45, 7) is 6.32. The number of nitrogens with two attached hydrogens (primary N) is 1. The second kappa shape index (κ2) is 5.99. The fourth-order valence-corrected chi connectivity index (χ4v) is 1.47. The van der Waals surface area contributed by atoms with Gasteiger partial charge in [-0.25, -0.2) is 0 Å². The molecule has 0 aliphatic rings. The van der Waals surface area contributed by atoms with Crippen LogP contribution in [0.5, 0.6) is 5.75 Å². The lowest BCUT2D eigenvalue weighted by atomic mass is 9.98. The van der Waals surface area contributed by atoms with Crippen LogP contribution < -0.4 is 10.5 Å². The van der Waals surface area contributed by atoms with Crippen molar-refractivity contribution in [2.24, 2.45) is 5.73 Å². The van der Waals surface area contributed by atoms with Gasteiger partial charge in [0.15, 0.2) is 0 Å². The molecule has 0 saturated carbocycles. The molecule has 0 amide bonds. The largest absolute Gasteiger partial charge is 0.496 e. The van der Waals surface area contributed by atoms with Gasteiger partial charge in [0.05, 0.1) is 7.11 Å². The SMILES string of the molecule is COc1ccc(C(C)C)cc1[C@@H](C)N.Cl. The first-order valence-electron chi connectivity index (χ1n) is 4.99. The Hall–Kier alpha value is -0.730. The van der Waals surface area contributed by atoms with Crippen LogP contribution >= 0.6 is 12.4 Å². The van der Waals surface area contributed by atoms with Crippen LogP contribution in [0.3, 0.4) is 0 Å². The van der Waals surface area contributed by atoms with Gasteiger partial charge in [-0.1, -0.05) is 26.0 Å². The van der Waals surface area contributed by atoms with Gasteiger partial charge in [-0.15, -0.1) is 12.4 Å².